The molecule has 0 aliphatic heterocycles. The topological polar surface area (TPSA) is 9.23 Å². The minimum absolute atomic E-state index is 0.795. The zero-order valence-corrected chi connectivity index (χ0v) is 10.6. The summed E-state index contributed by atoms with van der Waals surface area (Å²) in [6.07, 6.45) is 6.91. The molecule has 0 heterocycles. The Morgan fingerprint density at radius 3 is 2.25 bits per heavy atom. The molecule has 16 heavy (non-hydrogen) atoms. The molecule has 0 saturated heterocycles. The summed E-state index contributed by atoms with van der Waals surface area (Å²) in [5.41, 5.74) is 0. The van der Waals surface area contributed by atoms with E-state index in [1.807, 2.05) is 44.2 Å². The van der Waals surface area contributed by atoms with Gasteiger partial charge in [0.15, 0.2) is 0 Å². The lowest BCUT2D eigenvalue weighted by Gasteiger charge is -2.21. The van der Waals surface area contributed by atoms with E-state index in [0.29, 0.717) is 0 Å². The van der Waals surface area contributed by atoms with Crippen LogP contribution in [0.5, 0.6) is 5.75 Å². The van der Waals surface area contributed by atoms with E-state index in [0.717, 1.165) is 18.3 Å². The van der Waals surface area contributed by atoms with Crippen molar-refractivity contribution in [3.63, 3.8) is 0 Å². The molecule has 90 valence electrons. The van der Waals surface area contributed by atoms with Crippen molar-refractivity contribution in [3.8, 4) is 5.75 Å². The van der Waals surface area contributed by atoms with Gasteiger partial charge in [0.1, 0.15) is 5.75 Å². The summed E-state index contributed by atoms with van der Waals surface area (Å²) in [4.78, 5) is 0. The molecule has 0 radical (unpaired) electrons. The lowest BCUT2D eigenvalue weighted by atomic mass is 9.90. The molecule has 0 amide bonds. The highest BCUT2D eigenvalue weighted by Crippen LogP contribution is 2.24. The van der Waals surface area contributed by atoms with Crippen molar-refractivity contribution in [3.05, 3.63) is 30.3 Å². The molecule has 1 heteroatoms. The van der Waals surface area contributed by atoms with E-state index in [-0.39, 0.29) is 0 Å². The zero-order valence-electron chi connectivity index (χ0n) is 10.6. The van der Waals surface area contributed by atoms with Crippen LogP contribution in [0.1, 0.15) is 46.0 Å². The summed E-state index contributed by atoms with van der Waals surface area (Å²) in [7, 11) is 0. The Kier molecular flexibility index (Phi) is 6.71. The Bertz CT molecular complexity index is 249. The molecular formula is C15H24O. The average Bonchev–Trinajstić information content (AvgIpc) is 2.41. The fourth-order valence-corrected chi connectivity index (χ4v) is 2.08. The lowest BCUT2D eigenvalue weighted by molar-refractivity contribution is 0.209. The summed E-state index contributed by atoms with van der Waals surface area (Å²) < 4.78 is 5.75. The maximum absolute atomic E-state index is 5.75. The van der Waals surface area contributed by atoms with E-state index in [2.05, 4.69) is 0 Å². The highest BCUT2D eigenvalue weighted by Gasteiger charge is 2.13. The molecule has 0 atom stereocenters. The van der Waals surface area contributed by atoms with Gasteiger partial charge in [-0.2, -0.15) is 0 Å². The first kappa shape index (κ1) is 13.1. The molecule has 1 aliphatic rings. The predicted octanol–water partition coefficient (Wildman–Crippen LogP) is 4.67. The Labute approximate surface area is 99.8 Å². The van der Waals surface area contributed by atoms with Gasteiger partial charge in [0.2, 0.25) is 0 Å². The van der Waals surface area contributed by atoms with Gasteiger partial charge in [0.05, 0.1) is 6.61 Å². The van der Waals surface area contributed by atoms with Crippen molar-refractivity contribution in [1.29, 1.82) is 0 Å². The van der Waals surface area contributed by atoms with Gasteiger partial charge in [-0.05, 0) is 30.9 Å². The second-order valence-electron chi connectivity index (χ2n) is 4.13. The van der Waals surface area contributed by atoms with Gasteiger partial charge in [0, 0.05) is 0 Å². The van der Waals surface area contributed by atoms with Crippen LogP contribution in [0.3, 0.4) is 0 Å². The summed E-state index contributed by atoms with van der Waals surface area (Å²) in [5.74, 6) is 1.81. The van der Waals surface area contributed by atoms with Crippen LogP contribution in [0.15, 0.2) is 30.3 Å². The van der Waals surface area contributed by atoms with Crippen LogP contribution in [0.4, 0.5) is 0 Å². The predicted molar refractivity (Wildman–Crippen MR) is 69.9 cm³/mol. The standard InChI is InChI=1S/C13H18O.C2H6/c1-3-7-12(8-4-1)11-14-13-9-5-2-6-10-13;1-2/h2,5-6,9-10,12H,1,3-4,7-8,11H2;1-2H3. The van der Waals surface area contributed by atoms with Crippen LogP contribution in [0.2, 0.25) is 0 Å². The lowest BCUT2D eigenvalue weighted by Crippen LogP contribution is -2.15. The Hall–Kier alpha value is -0.980. The average molecular weight is 220 g/mol. The zero-order chi connectivity index (χ0) is 11.6. The molecule has 1 aromatic rings. The molecule has 1 aliphatic carbocycles. The van der Waals surface area contributed by atoms with Gasteiger partial charge in [-0.3, -0.25) is 0 Å². The first-order valence-corrected chi connectivity index (χ1v) is 6.63. The summed E-state index contributed by atoms with van der Waals surface area (Å²) in [6, 6.07) is 10.1. The second-order valence-corrected chi connectivity index (χ2v) is 4.13. The fourth-order valence-electron chi connectivity index (χ4n) is 2.08. The molecule has 2 rings (SSSR count). The van der Waals surface area contributed by atoms with Crippen LogP contribution >= 0.6 is 0 Å². The third-order valence-electron chi connectivity index (χ3n) is 2.95. The monoisotopic (exact) mass is 220 g/mol. The molecule has 0 unspecified atom stereocenters. The van der Waals surface area contributed by atoms with E-state index in [1.165, 1.54) is 32.1 Å². The van der Waals surface area contributed by atoms with Crippen molar-refractivity contribution < 1.29 is 4.74 Å². The smallest absolute Gasteiger partial charge is 0.119 e. The van der Waals surface area contributed by atoms with Crippen molar-refractivity contribution in [2.75, 3.05) is 6.61 Å². The number of benzene rings is 1. The molecule has 1 nitrogen and oxygen atoms in total. The highest BCUT2D eigenvalue weighted by atomic mass is 16.5. The van der Waals surface area contributed by atoms with Crippen LogP contribution < -0.4 is 4.74 Å². The van der Waals surface area contributed by atoms with Crippen molar-refractivity contribution in [1.82, 2.24) is 0 Å². The summed E-state index contributed by atoms with van der Waals surface area (Å²) in [6.45, 7) is 4.91. The van der Waals surface area contributed by atoms with Gasteiger partial charge in [-0.25, -0.2) is 0 Å². The number of hydrogen-bond acceptors (Lipinski definition) is 1. The van der Waals surface area contributed by atoms with Crippen LogP contribution in [0.25, 0.3) is 0 Å². The molecule has 0 bridgehead atoms. The van der Waals surface area contributed by atoms with Gasteiger partial charge in [0.25, 0.3) is 0 Å². The molecule has 0 N–H and O–H groups in total. The van der Waals surface area contributed by atoms with Gasteiger partial charge >= 0.3 is 0 Å². The number of ether oxygens (including phenoxy) is 1. The quantitative estimate of drug-likeness (QED) is 0.719. The molecule has 1 fully saturated rings. The normalized spacial score (nSPS) is 16.1. The summed E-state index contributed by atoms with van der Waals surface area (Å²) >= 11 is 0. The minimum atomic E-state index is 0.795. The van der Waals surface area contributed by atoms with Crippen LogP contribution in [-0.4, -0.2) is 6.61 Å². The first-order valence-electron chi connectivity index (χ1n) is 6.63. The van der Waals surface area contributed by atoms with E-state index in [4.69, 9.17) is 4.74 Å². The SMILES string of the molecule is CC.c1ccc(OCC2CCCCC2)cc1. The largest absolute Gasteiger partial charge is 0.493 e. The molecule has 0 aromatic heterocycles. The maximum atomic E-state index is 5.75. The van der Waals surface area contributed by atoms with E-state index in [9.17, 15) is 0 Å². The number of para-hydroxylation sites is 1. The Balaban J connectivity index is 0.000000606. The Morgan fingerprint density at radius 2 is 1.62 bits per heavy atom. The maximum Gasteiger partial charge on any atom is 0.119 e. The van der Waals surface area contributed by atoms with E-state index in [1.54, 1.807) is 0 Å². The highest BCUT2D eigenvalue weighted by molar-refractivity contribution is 5.20. The van der Waals surface area contributed by atoms with Crippen LogP contribution in [-0.2, 0) is 0 Å². The van der Waals surface area contributed by atoms with Gasteiger partial charge in [-0.15, -0.1) is 0 Å². The Morgan fingerprint density at radius 1 is 1.00 bits per heavy atom. The minimum Gasteiger partial charge on any atom is -0.493 e. The molecular weight excluding hydrogens is 196 g/mol. The van der Waals surface area contributed by atoms with Crippen molar-refractivity contribution in [2.24, 2.45) is 5.92 Å². The van der Waals surface area contributed by atoms with E-state index >= 15 is 0 Å². The van der Waals surface area contributed by atoms with Crippen LogP contribution in [0, 0.1) is 5.92 Å². The number of rotatable bonds is 3. The summed E-state index contributed by atoms with van der Waals surface area (Å²) in [5, 5.41) is 0. The second kappa shape index (κ2) is 8.20. The fraction of sp³-hybridized carbons (Fsp3) is 0.600. The van der Waals surface area contributed by atoms with Gasteiger partial charge < -0.3 is 4.74 Å². The molecule has 1 saturated carbocycles. The first-order chi connectivity index (χ1) is 7.95. The number of hydrogen-bond donors (Lipinski definition) is 0. The molecule has 0 spiro atoms. The third kappa shape index (κ3) is 4.69. The van der Waals surface area contributed by atoms with E-state index < -0.39 is 0 Å². The van der Waals surface area contributed by atoms with Crippen molar-refractivity contribution >= 4 is 0 Å². The third-order valence-corrected chi connectivity index (χ3v) is 2.95. The molecule has 1 aromatic carbocycles. The van der Waals surface area contributed by atoms with Gasteiger partial charge in [-0.1, -0.05) is 51.3 Å². The van der Waals surface area contributed by atoms with Crippen molar-refractivity contribution in [2.45, 2.75) is 46.0 Å².